The van der Waals surface area contributed by atoms with E-state index in [1.165, 1.54) is 23.1 Å². The maximum Gasteiger partial charge on any atom is 0.271 e. The van der Waals surface area contributed by atoms with Gasteiger partial charge < -0.3 is 24.6 Å². The number of alkyl halides is 1. The molecule has 242 valence electrons. The van der Waals surface area contributed by atoms with Gasteiger partial charge in [-0.2, -0.15) is 15.3 Å². The fourth-order valence-corrected chi connectivity index (χ4v) is 6.26. The number of halogens is 1. The van der Waals surface area contributed by atoms with Crippen molar-refractivity contribution in [3.05, 3.63) is 72.3 Å². The number of rotatable bonds is 8. The van der Waals surface area contributed by atoms with Gasteiger partial charge in [0.25, 0.3) is 5.91 Å². The second-order valence-corrected chi connectivity index (χ2v) is 12.0. The van der Waals surface area contributed by atoms with Crippen molar-refractivity contribution < 1.29 is 18.7 Å². The van der Waals surface area contributed by atoms with Crippen molar-refractivity contribution in [3.8, 4) is 23.2 Å². The predicted molar refractivity (Wildman–Crippen MR) is 171 cm³/mol. The standard InChI is InChI=1S/C33H35FN10O3/c1-21-16-42(26-18-46-19-26)12-13-44(21)25-5-3-24(4-6-25)39-33-37-20-36-31(40-33)22-2-7-29(23(14-22)15-35)47-30-9-11-43(17-27(30)34)32(45)28-8-10-38-41-28/h2-8,10,14,20-21,26-27,30H,9,11-13,16-19H2,1H3,(H,38,41)(H,36,37,39,40)/t21?,27-,30+/m1/s1. The first-order chi connectivity index (χ1) is 22.9. The molecule has 2 N–H and O–H groups in total. The quantitative estimate of drug-likeness (QED) is 0.293. The molecule has 7 rings (SSSR count). The second kappa shape index (κ2) is 13.3. The number of nitriles is 1. The van der Waals surface area contributed by atoms with Crippen LogP contribution < -0.4 is 15.0 Å². The molecule has 1 unspecified atom stereocenters. The van der Waals surface area contributed by atoms with Crippen molar-refractivity contribution in [2.24, 2.45) is 0 Å². The number of benzene rings is 2. The summed E-state index contributed by atoms with van der Waals surface area (Å²) in [6.45, 7) is 7.16. The SMILES string of the molecule is CC1CN(C2COC2)CCN1c1ccc(Nc2ncnc(-c3ccc(O[C@H]4CCN(C(=O)c5ccn[nH]5)C[C@H]4F)c(C#N)c3)n2)cc1. The average Bonchev–Trinajstić information content (AvgIpc) is 3.61. The molecule has 3 saturated heterocycles. The number of piperidine rings is 1. The van der Waals surface area contributed by atoms with Gasteiger partial charge in [0, 0.05) is 61.8 Å². The van der Waals surface area contributed by atoms with Crippen LogP contribution in [0.1, 0.15) is 29.4 Å². The highest BCUT2D eigenvalue weighted by molar-refractivity contribution is 5.92. The summed E-state index contributed by atoms with van der Waals surface area (Å²) in [5.41, 5.74) is 3.13. The zero-order valence-corrected chi connectivity index (χ0v) is 25.9. The van der Waals surface area contributed by atoms with Gasteiger partial charge in [-0.05, 0) is 55.5 Å². The Bertz CT molecular complexity index is 1740. The smallest absolute Gasteiger partial charge is 0.271 e. The molecule has 5 heterocycles. The first-order valence-corrected chi connectivity index (χ1v) is 15.7. The number of aromatic nitrogens is 5. The van der Waals surface area contributed by atoms with Gasteiger partial charge in [-0.15, -0.1) is 0 Å². The van der Waals surface area contributed by atoms with Crippen LogP contribution in [0.3, 0.4) is 0 Å². The van der Waals surface area contributed by atoms with Crippen LogP contribution in [0.25, 0.3) is 11.4 Å². The highest BCUT2D eigenvalue weighted by Gasteiger charge is 2.35. The molecule has 0 spiro atoms. The summed E-state index contributed by atoms with van der Waals surface area (Å²) in [6, 6.07) is 17.8. The number of ether oxygens (including phenoxy) is 2. The summed E-state index contributed by atoms with van der Waals surface area (Å²) in [4.78, 5) is 32.1. The fraction of sp³-hybridized carbons (Fsp3) is 0.394. The molecule has 2 aromatic carbocycles. The first-order valence-electron chi connectivity index (χ1n) is 15.7. The molecule has 0 radical (unpaired) electrons. The van der Waals surface area contributed by atoms with E-state index >= 15 is 4.39 Å². The molecule has 13 nitrogen and oxygen atoms in total. The summed E-state index contributed by atoms with van der Waals surface area (Å²) < 4.78 is 26.4. The molecular weight excluding hydrogens is 603 g/mol. The minimum atomic E-state index is -1.42. The van der Waals surface area contributed by atoms with Crippen LogP contribution in [-0.2, 0) is 4.74 Å². The monoisotopic (exact) mass is 638 g/mol. The zero-order chi connectivity index (χ0) is 32.3. The zero-order valence-electron chi connectivity index (χ0n) is 25.9. The van der Waals surface area contributed by atoms with E-state index in [-0.39, 0.29) is 30.2 Å². The Morgan fingerprint density at radius 1 is 1.11 bits per heavy atom. The van der Waals surface area contributed by atoms with Crippen LogP contribution in [0.15, 0.2) is 61.1 Å². The largest absolute Gasteiger partial charge is 0.486 e. The van der Waals surface area contributed by atoms with E-state index in [9.17, 15) is 10.1 Å². The van der Waals surface area contributed by atoms with Crippen molar-refractivity contribution >= 4 is 23.2 Å². The number of hydrogen-bond acceptors (Lipinski definition) is 11. The van der Waals surface area contributed by atoms with Crippen molar-refractivity contribution in [1.82, 2.24) is 34.9 Å². The van der Waals surface area contributed by atoms with Crippen LogP contribution in [0.4, 0.5) is 21.7 Å². The summed E-state index contributed by atoms with van der Waals surface area (Å²) in [5, 5.41) is 19.5. The average molecular weight is 639 g/mol. The van der Waals surface area contributed by atoms with Crippen molar-refractivity contribution in [2.75, 3.05) is 56.2 Å². The Morgan fingerprint density at radius 3 is 2.66 bits per heavy atom. The third-order valence-corrected chi connectivity index (χ3v) is 8.96. The van der Waals surface area contributed by atoms with Crippen LogP contribution in [-0.4, -0.2) is 111 Å². The van der Waals surface area contributed by atoms with E-state index < -0.39 is 12.3 Å². The van der Waals surface area contributed by atoms with Gasteiger partial charge in [0.1, 0.15) is 29.9 Å². The molecular formula is C33H35FN10O3. The van der Waals surface area contributed by atoms with Gasteiger partial charge in [-0.25, -0.2) is 14.4 Å². The topological polar surface area (TPSA) is 148 Å². The molecule has 0 bridgehead atoms. The molecule has 1 amide bonds. The lowest BCUT2D eigenvalue weighted by molar-refractivity contribution is -0.0691. The number of likely N-dealkylation sites (tertiary alicyclic amines) is 1. The van der Waals surface area contributed by atoms with Gasteiger partial charge in [-0.3, -0.25) is 14.8 Å². The molecule has 4 aromatic rings. The number of piperazine rings is 1. The Hall–Kier alpha value is -5.13. The summed E-state index contributed by atoms with van der Waals surface area (Å²) in [6.07, 6.45) is 0.952. The van der Waals surface area contributed by atoms with E-state index in [1.54, 1.807) is 24.3 Å². The van der Waals surface area contributed by atoms with Crippen LogP contribution >= 0.6 is 0 Å². The van der Waals surface area contributed by atoms with Gasteiger partial charge >= 0.3 is 0 Å². The Kier molecular flexibility index (Phi) is 8.64. The second-order valence-electron chi connectivity index (χ2n) is 12.0. The number of anilines is 3. The lowest BCUT2D eigenvalue weighted by Crippen LogP contribution is -2.59. The summed E-state index contributed by atoms with van der Waals surface area (Å²) in [5.74, 6) is 0.688. The van der Waals surface area contributed by atoms with Gasteiger partial charge in [0.2, 0.25) is 5.95 Å². The van der Waals surface area contributed by atoms with E-state index in [0.717, 1.165) is 38.5 Å². The highest BCUT2D eigenvalue weighted by atomic mass is 19.1. The Morgan fingerprint density at radius 2 is 1.96 bits per heavy atom. The minimum absolute atomic E-state index is 0.113. The number of aromatic amines is 1. The van der Waals surface area contributed by atoms with E-state index in [4.69, 9.17) is 9.47 Å². The normalized spacial score (nSPS) is 21.9. The molecule has 3 aliphatic rings. The number of nitrogens with one attached hydrogen (secondary N) is 2. The Labute approximate surface area is 271 Å². The van der Waals surface area contributed by atoms with E-state index in [1.807, 2.05) is 12.1 Å². The molecule has 3 aliphatic heterocycles. The van der Waals surface area contributed by atoms with Crippen LogP contribution in [0, 0.1) is 11.3 Å². The Balaban J connectivity index is 0.976. The highest BCUT2D eigenvalue weighted by Crippen LogP contribution is 2.29. The molecule has 3 fully saturated rings. The molecule has 14 heteroatoms. The number of amides is 1. The molecule has 2 aromatic heterocycles. The summed E-state index contributed by atoms with van der Waals surface area (Å²) in [7, 11) is 0. The maximum absolute atomic E-state index is 15.1. The van der Waals surface area contributed by atoms with Crippen molar-refractivity contribution in [1.29, 1.82) is 5.26 Å². The lowest BCUT2D eigenvalue weighted by Gasteiger charge is -2.46. The van der Waals surface area contributed by atoms with Gasteiger partial charge in [0.15, 0.2) is 12.0 Å². The first kappa shape index (κ1) is 30.5. The number of hydrogen-bond donors (Lipinski definition) is 2. The maximum atomic E-state index is 15.1. The predicted octanol–water partition coefficient (Wildman–Crippen LogP) is 3.42. The van der Waals surface area contributed by atoms with E-state index in [2.05, 4.69) is 65.4 Å². The number of carbonyl (C=O) groups is 1. The third kappa shape index (κ3) is 6.58. The minimum Gasteiger partial charge on any atom is -0.486 e. The van der Waals surface area contributed by atoms with E-state index in [0.29, 0.717) is 41.7 Å². The van der Waals surface area contributed by atoms with Gasteiger partial charge in [0.05, 0.1) is 31.4 Å². The molecule has 3 atom stereocenters. The molecule has 47 heavy (non-hydrogen) atoms. The van der Waals surface area contributed by atoms with Crippen molar-refractivity contribution in [3.63, 3.8) is 0 Å². The molecule has 0 saturated carbocycles. The van der Waals surface area contributed by atoms with Crippen LogP contribution in [0.2, 0.25) is 0 Å². The number of carbonyl (C=O) groups excluding carboxylic acids is 1. The third-order valence-electron chi connectivity index (χ3n) is 8.96. The summed E-state index contributed by atoms with van der Waals surface area (Å²) >= 11 is 0. The fourth-order valence-electron chi connectivity index (χ4n) is 6.26. The van der Waals surface area contributed by atoms with Crippen LogP contribution in [0.5, 0.6) is 5.75 Å². The number of H-pyrrole nitrogens is 1. The number of nitrogens with zero attached hydrogens (tertiary/aromatic N) is 8. The molecule has 0 aliphatic carbocycles. The lowest BCUT2D eigenvalue weighted by atomic mass is 10.0. The van der Waals surface area contributed by atoms with Gasteiger partial charge in [-0.1, -0.05) is 0 Å². The van der Waals surface area contributed by atoms with Crippen molar-refractivity contribution in [2.45, 2.75) is 37.7 Å².